The maximum absolute atomic E-state index is 12.5. The van der Waals surface area contributed by atoms with Gasteiger partial charge < -0.3 is 0 Å². The highest BCUT2D eigenvalue weighted by atomic mass is 35.5. The summed E-state index contributed by atoms with van der Waals surface area (Å²) in [5, 5.41) is 2.06. The number of amides is 1. The molecule has 1 heterocycles. The van der Waals surface area contributed by atoms with E-state index in [0.717, 1.165) is 11.6 Å². The molecule has 132 valence electrons. The average molecular weight is 389 g/mol. The second-order valence-corrected chi connectivity index (χ2v) is 5.77. The molecule has 1 aromatic heterocycles. The Kier molecular flexibility index (Phi) is 5.81. The van der Waals surface area contributed by atoms with Crippen molar-refractivity contribution in [3.8, 4) is 0 Å². The second kappa shape index (κ2) is 7.66. The summed E-state index contributed by atoms with van der Waals surface area (Å²) in [6.07, 6.45) is -3.91. The molecule has 0 aliphatic rings. The van der Waals surface area contributed by atoms with Crippen LogP contribution in [0.4, 0.5) is 19.0 Å². The van der Waals surface area contributed by atoms with Crippen LogP contribution in [-0.4, -0.2) is 16.0 Å². The fourth-order valence-corrected chi connectivity index (χ4v) is 2.07. The van der Waals surface area contributed by atoms with Crippen LogP contribution in [-0.2, 0) is 6.18 Å². The number of carbonyl (C=O) groups is 1. The Bertz CT molecular complexity index is 796. The number of hydrogen-bond donors (Lipinski definition) is 3. The molecule has 25 heavy (non-hydrogen) atoms. The number of rotatable bonds is 3. The molecule has 0 saturated carbocycles. The smallest absolute Gasteiger partial charge is 0.298 e. The van der Waals surface area contributed by atoms with Gasteiger partial charge in [-0.3, -0.25) is 21.0 Å². The molecule has 2 rings (SSSR count). The van der Waals surface area contributed by atoms with E-state index in [9.17, 15) is 18.0 Å². The first-order chi connectivity index (χ1) is 11.7. The van der Waals surface area contributed by atoms with Gasteiger partial charge in [0.05, 0.1) is 10.6 Å². The lowest BCUT2D eigenvalue weighted by atomic mass is 10.1. The highest BCUT2D eigenvalue weighted by Gasteiger charge is 2.31. The number of hydrazine groups is 1. The molecule has 1 amide bonds. The Hall–Kier alpha value is -2.39. The molecule has 2 aromatic rings. The normalized spacial score (nSPS) is 10.9. The molecule has 1 aromatic carbocycles. The SMILES string of the molecule is Cc1ccc(C(=O)NC(=S)NNc2ncc(C(F)(F)F)cc2Cl)cc1. The van der Waals surface area contributed by atoms with Crippen molar-refractivity contribution in [1.82, 2.24) is 15.7 Å². The zero-order chi connectivity index (χ0) is 18.6. The number of anilines is 1. The van der Waals surface area contributed by atoms with E-state index in [2.05, 4.69) is 21.2 Å². The largest absolute Gasteiger partial charge is 0.417 e. The average Bonchev–Trinajstić information content (AvgIpc) is 2.53. The Labute approximate surface area is 151 Å². The molecular weight excluding hydrogens is 377 g/mol. The molecule has 5 nitrogen and oxygen atoms in total. The zero-order valence-corrected chi connectivity index (χ0v) is 14.3. The van der Waals surface area contributed by atoms with Crippen LogP contribution in [0.5, 0.6) is 0 Å². The fourth-order valence-electron chi connectivity index (χ4n) is 1.71. The molecular formula is C15H12ClF3N4OS. The van der Waals surface area contributed by atoms with Crippen molar-refractivity contribution in [1.29, 1.82) is 0 Å². The van der Waals surface area contributed by atoms with Gasteiger partial charge in [-0.2, -0.15) is 13.2 Å². The Balaban J connectivity index is 1.93. The summed E-state index contributed by atoms with van der Waals surface area (Å²) in [5.74, 6) is -0.507. The molecule has 10 heteroatoms. The Morgan fingerprint density at radius 3 is 2.44 bits per heavy atom. The molecule has 0 radical (unpaired) electrons. The van der Waals surface area contributed by atoms with Crippen molar-refractivity contribution in [2.45, 2.75) is 13.1 Å². The molecule has 0 fully saturated rings. The van der Waals surface area contributed by atoms with E-state index in [0.29, 0.717) is 11.8 Å². The number of nitrogens with one attached hydrogen (secondary N) is 3. The number of thiocarbonyl (C=S) groups is 1. The van der Waals surface area contributed by atoms with Crippen molar-refractivity contribution in [2.75, 3.05) is 5.43 Å². The minimum Gasteiger partial charge on any atom is -0.298 e. The van der Waals surface area contributed by atoms with Crippen molar-refractivity contribution >= 4 is 40.7 Å². The number of hydrogen-bond acceptors (Lipinski definition) is 4. The van der Waals surface area contributed by atoms with Gasteiger partial charge in [-0.05, 0) is 37.3 Å². The quantitative estimate of drug-likeness (QED) is 0.553. The molecule has 0 atom stereocenters. The minimum absolute atomic E-state index is 0.0680. The number of alkyl halides is 3. The number of benzene rings is 1. The molecule has 0 aliphatic heterocycles. The second-order valence-electron chi connectivity index (χ2n) is 4.95. The van der Waals surface area contributed by atoms with Gasteiger partial charge in [-0.1, -0.05) is 29.3 Å². The van der Waals surface area contributed by atoms with Crippen molar-refractivity contribution in [3.05, 3.63) is 58.2 Å². The number of halogens is 4. The molecule has 0 aliphatic carbocycles. The molecule has 3 N–H and O–H groups in total. The monoisotopic (exact) mass is 388 g/mol. The third-order valence-corrected chi connectivity index (χ3v) is 3.50. The van der Waals surface area contributed by atoms with Crippen LogP contribution < -0.4 is 16.2 Å². The van der Waals surface area contributed by atoms with E-state index in [4.69, 9.17) is 23.8 Å². The number of pyridine rings is 1. The van der Waals surface area contributed by atoms with E-state index in [-0.39, 0.29) is 16.0 Å². The molecule has 0 bridgehead atoms. The number of aromatic nitrogens is 1. The minimum atomic E-state index is -4.54. The molecule has 0 saturated heterocycles. The van der Waals surface area contributed by atoms with Crippen LogP contribution >= 0.6 is 23.8 Å². The first kappa shape index (κ1) is 18.9. The van der Waals surface area contributed by atoms with Crippen molar-refractivity contribution < 1.29 is 18.0 Å². The van der Waals surface area contributed by atoms with Gasteiger partial charge in [0.2, 0.25) is 0 Å². The summed E-state index contributed by atoms with van der Waals surface area (Å²) in [6.45, 7) is 1.89. The van der Waals surface area contributed by atoms with Gasteiger partial charge in [-0.15, -0.1) is 0 Å². The van der Waals surface area contributed by atoms with E-state index >= 15 is 0 Å². The van der Waals surface area contributed by atoms with Gasteiger partial charge in [-0.25, -0.2) is 4.98 Å². The highest BCUT2D eigenvalue weighted by Crippen LogP contribution is 2.32. The Morgan fingerprint density at radius 1 is 1.24 bits per heavy atom. The lowest BCUT2D eigenvalue weighted by molar-refractivity contribution is -0.137. The van der Waals surface area contributed by atoms with Gasteiger partial charge >= 0.3 is 6.18 Å². The van der Waals surface area contributed by atoms with Gasteiger partial charge in [0, 0.05) is 11.8 Å². The van der Waals surface area contributed by atoms with Crippen LogP contribution in [0.2, 0.25) is 5.02 Å². The highest BCUT2D eigenvalue weighted by molar-refractivity contribution is 7.80. The molecule has 0 unspecified atom stereocenters. The first-order valence-corrected chi connectivity index (χ1v) is 7.62. The van der Waals surface area contributed by atoms with Gasteiger partial charge in [0.25, 0.3) is 5.91 Å². The zero-order valence-electron chi connectivity index (χ0n) is 12.7. The third-order valence-electron chi connectivity index (χ3n) is 3.00. The maximum atomic E-state index is 12.5. The Morgan fingerprint density at radius 2 is 1.88 bits per heavy atom. The predicted octanol–water partition coefficient (Wildman–Crippen LogP) is 3.69. The predicted molar refractivity (Wildman–Crippen MR) is 92.3 cm³/mol. The maximum Gasteiger partial charge on any atom is 0.417 e. The van der Waals surface area contributed by atoms with E-state index < -0.39 is 17.6 Å². The van der Waals surface area contributed by atoms with Crippen molar-refractivity contribution in [3.63, 3.8) is 0 Å². The lowest BCUT2D eigenvalue weighted by Gasteiger charge is -2.13. The van der Waals surface area contributed by atoms with E-state index in [1.54, 1.807) is 24.3 Å². The summed E-state index contributed by atoms with van der Waals surface area (Å²) in [7, 11) is 0. The van der Waals surface area contributed by atoms with Crippen LogP contribution in [0.25, 0.3) is 0 Å². The summed E-state index contributed by atoms with van der Waals surface area (Å²) >= 11 is 10.7. The third kappa shape index (κ3) is 5.30. The fraction of sp³-hybridized carbons (Fsp3) is 0.133. The van der Waals surface area contributed by atoms with Crippen LogP contribution in [0.15, 0.2) is 36.5 Å². The first-order valence-electron chi connectivity index (χ1n) is 6.83. The van der Waals surface area contributed by atoms with Crippen molar-refractivity contribution in [2.24, 2.45) is 0 Å². The van der Waals surface area contributed by atoms with Crippen LogP contribution in [0.1, 0.15) is 21.5 Å². The lowest BCUT2D eigenvalue weighted by Crippen LogP contribution is -2.42. The summed E-state index contributed by atoms with van der Waals surface area (Å²) in [4.78, 5) is 15.5. The number of carbonyl (C=O) groups excluding carboxylic acids is 1. The van der Waals surface area contributed by atoms with E-state index in [1.165, 1.54) is 0 Å². The van der Waals surface area contributed by atoms with E-state index in [1.807, 2.05) is 6.92 Å². The van der Waals surface area contributed by atoms with Crippen LogP contribution in [0.3, 0.4) is 0 Å². The molecule has 0 spiro atoms. The topological polar surface area (TPSA) is 66.1 Å². The number of nitrogens with zero attached hydrogens (tertiary/aromatic N) is 1. The standard InChI is InChI=1S/C15H12ClF3N4OS/c1-8-2-4-9(5-3-8)13(24)21-14(25)23-22-12-11(16)6-10(7-20-12)15(17,18)19/h2-7H,1H3,(H,20,22)(H2,21,23,24,25). The van der Waals surface area contributed by atoms with Gasteiger partial charge in [0.15, 0.2) is 10.9 Å². The summed E-state index contributed by atoms with van der Waals surface area (Å²) in [6, 6.07) is 7.54. The number of aryl methyl sites for hydroxylation is 1. The summed E-state index contributed by atoms with van der Waals surface area (Å²) in [5.41, 5.74) is 5.30. The van der Waals surface area contributed by atoms with Crippen LogP contribution in [0, 0.1) is 6.92 Å². The summed E-state index contributed by atoms with van der Waals surface area (Å²) < 4.78 is 37.6. The van der Waals surface area contributed by atoms with Gasteiger partial charge in [0.1, 0.15) is 0 Å².